The Balaban J connectivity index is 1.57. The van der Waals surface area contributed by atoms with Gasteiger partial charge in [-0.05, 0) is 37.4 Å². The number of nitrogens with one attached hydrogen (secondary N) is 3. The van der Waals surface area contributed by atoms with Crippen LogP contribution in [0.3, 0.4) is 0 Å². The molecule has 2 unspecified atom stereocenters. The van der Waals surface area contributed by atoms with E-state index in [9.17, 15) is 21.6 Å². The average molecular weight is 515 g/mol. The Morgan fingerprint density at radius 3 is 2.79 bits per heavy atom. The summed E-state index contributed by atoms with van der Waals surface area (Å²) in [6.07, 6.45) is 5.48. The minimum Gasteiger partial charge on any atom is -0.435 e. The Bertz CT molecular complexity index is 1230. The van der Waals surface area contributed by atoms with Crippen LogP contribution < -0.4 is 15.4 Å². The fraction of sp³-hybridized carbons (Fsp3) is 0.333. The molecule has 2 atom stereocenters. The standard InChI is InChI=1S/C21H23F3N5O3S2/c1-25-14-6-7-29(10-14)18-9-15(32-21(23)24)3-4-17(18)27-13-2-5-19(16(22)8-13)34(30,31)28-20-11-33-12-26-20/h2-5,8-9,11-12,14,17,21,25,27-28H,6-7,10H2,1H3/q+1. The number of sulfonamides is 1. The lowest BCUT2D eigenvalue weighted by Gasteiger charge is -2.20. The van der Waals surface area contributed by atoms with Crippen LogP contribution >= 0.6 is 11.3 Å². The number of hydrogen-bond donors (Lipinski definition) is 3. The summed E-state index contributed by atoms with van der Waals surface area (Å²) in [4.78, 5) is 3.33. The summed E-state index contributed by atoms with van der Waals surface area (Å²) < 4.78 is 74.1. The highest BCUT2D eigenvalue weighted by molar-refractivity contribution is 7.92. The smallest absolute Gasteiger partial charge is 0.387 e. The number of hydrogen-bond acceptors (Lipinski definition) is 7. The third-order valence-corrected chi connectivity index (χ3v) is 7.44. The van der Waals surface area contributed by atoms with Crippen molar-refractivity contribution in [3.8, 4) is 0 Å². The molecule has 0 saturated carbocycles. The van der Waals surface area contributed by atoms with Gasteiger partial charge in [-0.1, -0.05) is 0 Å². The lowest BCUT2D eigenvalue weighted by molar-refractivity contribution is -0.507. The van der Waals surface area contributed by atoms with Gasteiger partial charge in [0.1, 0.15) is 29.1 Å². The van der Waals surface area contributed by atoms with Gasteiger partial charge < -0.3 is 15.4 Å². The van der Waals surface area contributed by atoms with E-state index in [2.05, 4.69) is 25.1 Å². The SMILES string of the molecule is CNC1CC[N+](=C2C=C(OC(F)F)C=CC2Nc2ccc(S(=O)(=O)Nc3cscn3)c(F)c2)C1. The van der Waals surface area contributed by atoms with Crippen molar-refractivity contribution in [2.24, 2.45) is 0 Å². The highest BCUT2D eigenvalue weighted by Crippen LogP contribution is 2.24. The van der Waals surface area contributed by atoms with E-state index in [-0.39, 0.29) is 17.6 Å². The Labute approximate surface area is 198 Å². The van der Waals surface area contributed by atoms with E-state index < -0.39 is 33.4 Å². The predicted octanol–water partition coefficient (Wildman–Crippen LogP) is 3.00. The number of allylic oxidation sites excluding steroid dienone is 1. The Morgan fingerprint density at radius 1 is 1.32 bits per heavy atom. The first-order valence-corrected chi connectivity index (χ1v) is 12.8. The summed E-state index contributed by atoms with van der Waals surface area (Å²) in [5.74, 6) is -0.809. The fourth-order valence-corrected chi connectivity index (χ4v) is 5.45. The van der Waals surface area contributed by atoms with Crippen molar-refractivity contribution < 1.29 is 30.9 Å². The zero-order valence-corrected chi connectivity index (χ0v) is 19.7. The van der Waals surface area contributed by atoms with Crippen LogP contribution in [0.25, 0.3) is 0 Å². The van der Waals surface area contributed by atoms with Gasteiger partial charge in [-0.3, -0.25) is 4.72 Å². The summed E-state index contributed by atoms with van der Waals surface area (Å²) in [7, 11) is -2.30. The Kier molecular flexibility index (Phi) is 7.24. The van der Waals surface area contributed by atoms with E-state index in [0.29, 0.717) is 24.5 Å². The van der Waals surface area contributed by atoms with Crippen molar-refractivity contribution in [3.63, 3.8) is 0 Å². The molecule has 0 radical (unpaired) electrons. The van der Waals surface area contributed by atoms with E-state index in [4.69, 9.17) is 0 Å². The van der Waals surface area contributed by atoms with Crippen LogP contribution in [0.1, 0.15) is 6.42 Å². The van der Waals surface area contributed by atoms with E-state index in [1.165, 1.54) is 40.4 Å². The summed E-state index contributed by atoms with van der Waals surface area (Å²) in [6, 6.07) is 3.47. The zero-order chi connectivity index (χ0) is 24.3. The van der Waals surface area contributed by atoms with Crippen molar-refractivity contribution >= 4 is 38.6 Å². The van der Waals surface area contributed by atoms with Crippen molar-refractivity contribution in [2.45, 2.75) is 30.0 Å². The maximum absolute atomic E-state index is 14.8. The first-order chi connectivity index (χ1) is 16.2. The lowest BCUT2D eigenvalue weighted by Crippen LogP contribution is -2.37. The van der Waals surface area contributed by atoms with E-state index >= 15 is 0 Å². The molecule has 1 aromatic heterocycles. The van der Waals surface area contributed by atoms with Gasteiger partial charge in [-0.15, -0.1) is 11.3 Å². The van der Waals surface area contributed by atoms with Crippen LogP contribution in [-0.2, 0) is 14.8 Å². The molecule has 2 heterocycles. The van der Waals surface area contributed by atoms with Gasteiger partial charge in [-0.25, -0.2) is 22.4 Å². The minimum absolute atomic E-state index is 0.0247. The second-order valence-corrected chi connectivity index (χ2v) is 10.0. The Hall–Kier alpha value is -2.90. The molecule has 8 nitrogen and oxygen atoms in total. The molecule has 4 rings (SSSR count). The second kappa shape index (κ2) is 10.2. The molecule has 2 aliphatic rings. The van der Waals surface area contributed by atoms with Crippen LogP contribution in [0, 0.1) is 5.82 Å². The maximum Gasteiger partial charge on any atom is 0.387 e. The normalized spacial score (nSPS) is 22.7. The number of aromatic nitrogens is 1. The van der Waals surface area contributed by atoms with Crippen molar-refractivity contribution in [3.05, 3.63) is 58.9 Å². The minimum atomic E-state index is -4.16. The first-order valence-electron chi connectivity index (χ1n) is 10.4. The van der Waals surface area contributed by atoms with Crippen LogP contribution in [0.2, 0.25) is 0 Å². The van der Waals surface area contributed by atoms with E-state index in [0.717, 1.165) is 18.6 Å². The number of rotatable bonds is 8. The number of nitrogens with zero attached hydrogens (tertiary/aromatic N) is 2. The lowest BCUT2D eigenvalue weighted by atomic mass is 10.0. The van der Waals surface area contributed by atoms with Crippen LogP contribution in [0.4, 0.5) is 24.7 Å². The van der Waals surface area contributed by atoms with Gasteiger partial charge in [-0.2, -0.15) is 8.78 Å². The highest BCUT2D eigenvalue weighted by atomic mass is 32.2. The van der Waals surface area contributed by atoms with E-state index in [1.54, 1.807) is 6.08 Å². The summed E-state index contributed by atoms with van der Waals surface area (Å²) in [5, 5.41) is 7.84. The number of benzene rings is 1. The van der Waals surface area contributed by atoms with Gasteiger partial charge in [0.2, 0.25) is 5.71 Å². The molecular weight excluding hydrogens is 491 g/mol. The fourth-order valence-electron chi connectivity index (χ4n) is 3.83. The zero-order valence-electron chi connectivity index (χ0n) is 18.0. The number of alkyl halides is 2. The van der Waals surface area contributed by atoms with Gasteiger partial charge in [0.15, 0.2) is 12.4 Å². The molecule has 34 heavy (non-hydrogen) atoms. The molecule has 0 bridgehead atoms. The number of halogens is 3. The molecule has 182 valence electrons. The van der Waals surface area contributed by atoms with Gasteiger partial charge in [0.25, 0.3) is 10.0 Å². The quantitative estimate of drug-likeness (QED) is 0.469. The summed E-state index contributed by atoms with van der Waals surface area (Å²) in [6.45, 7) is -1.57. The number of anilines is 2. The van der Waals surface area contributed by atoms with Crippen LogP contribution in [0.5, 0.6) is 0 Å². The van der Waals surface area contributed by atoms with Crippen molar-refractivity contribution in [2.75, 3.05) is 30.2 Å². The first kappa shape index (κ1) is 24.2. The highest BCUT2D eigenvalue weighted by Gasteiger charge is 2.32. The molecule has 1 aliphatic heterocycles. The van der Waals surface area contributed by atoms with Gasteiger partial charge in [0.05, 0.1) is 11.6 Å². The molecule has 0 amide bonds. The molecule has 2 aromatic rings. The summed E-state index contributed by atoms with van der Waals surface area (Å²) >= 11 is 1.20. The topological polar surface area (TPSA) is 95.4 Å². The third-order valence-electron chi connectivity index (χ3n) is 5.46. The van der Waals surface area contributed by atoms with Gasteiger partial charge in [0, 0.05) is 23.6 Å². The molecule has 0 spiro atoms. The number of likely N-dealkylation sites (N-methyl/N-ethyl adjacent to an activating group) is 1. The Morgan fingerprint density at radius 2 is 2.15 bits per heavy atom. The molecule has 1 fully saturated rings. The molecule has 13 heteroatoms. The average Bonchev–Trinajstić information content (AvgIpc) is 3.46. The van der Waals surface area contributed by atoms with Crippen molar-refractivity contribution in [1.29, 1.82) is 0 Å². The van der Waals surface area contributed by atoms with Crippen LogP contribution in [-0.4, -0.2) is 62.5 Å². The third kappa shape index (κ3) is 5.59. The molecule has 1 aliphatic carbocycles. The summed E-state index contributed by atoms with van der Waals surface area (Å²) in [5.41, 5.74) is 2.48. The second-order valence-electron chi connectivity index (χ2n) is 7.68. The monoisotopic (exact) mass is 514 g/mol. The number of ether oxygens (including phenoxy) is 1. The molecule has 1 saturated heterocycles. The predicted molar refractivity (Wildman–Crippen MR) is 124 cm³/mol. The van der Waals surface area contributed by atoms with Gasteiger partial charge >= 0.3 is 6.61 Å². The molecule has 3 N–H and O–H groups in total. The van der Waals surface area contributed by atoms with E-state index in [1.807, 2.05) is 11.6 Å². The maximum atomic E-state index is 14.8. The number of thiazole rings is 1. The van der Waals surface area contributed by atoms with Crippen LogP contribution in [0.15, 0.2) is 58.0 Å². The molecule has 1 aromatic carbocycles. The largest absolute Gasteiger partial charge is 0.435 e. The molecular formula is C21H23F3N5O3S2+. The van der Waals surface area contributed by atoms with Crippen molar-refractivity contribution in [1.82, 2.24) is 10.3 Å².